The van der Waals surface area contributed by atoms with Crippen molar-refractivity contribution in [2.75, 3.05) is 36.8 Å². The monoisotopic (exact) mass is 413 g/mol. The average molecular weight is 413 g/mol. The van der Waals surface area contributed by atoms with Crippen molar-refractivity contribution in [3.8, 4) is 0 Å². The van der Waals surface area contributed by atoms with Crippen LogP contribution in [0.25, 0.3) is 0 Å². The fourth-order valence-electron chi connectivity index (χ4n) is 3.36. The highest BCUT2D eigenvalue weighted by molar-refractivity contribution is 6.01. The zero-order valence-electron chi connectivity index (χ0n) is 15.5. The molecule has 3 amide bonds. The van der Waals surface area contributed by atoms with Crippen molar-refractivity contribution in [3.63, 3.8) is 0 Å². The Hall–Kier alpha value is -2.66. The van der Waals surface area contributed by atoms with E-state index in [0.717, 1.165) is 4.90 Å². The van der Waals surface area contributed by atoms with E-state index >= 15 is 0 Å². The summed E-state index contributed by atoms with van der Waals surface area (Å²) in [4.78, 5) is 36.4. The second-order valence-electron chi connectivity index (χ2n) is 7.01. The zero-order chi connectivity index (χ0) is 21.0. The fourth-order valence-corrected chi connectivity index (χ4v) is 3.36. The predicted octanol–water partition coefficient (Wildman–Crippen LogP) is 0.678. The van der Waals surface area contributed by atoms with Crippen LogP contribution in [0.3, 0.4) is 0 Å². The van der Waals surface area contributed by atoms with Gasteiger partial charge < -0.3 is 16.0 Å². The third-order valence-corrected chi connectivity index (χ3v) is 4.81. The van der Waals surface area contributed by atoms with Crippen molar-refractivity contribution in [3.05, 3.63) is 24.3 Å². The number of amides is 3. The summed E-state index contributed by atoms with van der Waals surface area (Å²) in [7, 11) is 0. The Kier molecular flexibility index (Phi) is 6.38. The number of hydrogen-bond donors (Lipinski definition) is 4. The first kappa shape index (κ1) is 21.1. The smallest absolute Gasteiger partial charge is 0.374 e. The maximum absolute atomic E-state index is 13.1. The molecule has 2 saturated heterocycles. The van der Waals surface area contributed by atoms with Gasteiger partial charge in [0.2, 0.25) is 17.7 Å². The first-order chi connectivity index (χ1) is 13.7. The summed E-state index contributed by atoms with van der Waals surface area (Å²) in [5.41, 5.74) is 0.943. The third kappa shape index (κ3) is 5.67. The van der Waals surface area contributed by atoms with Crippen LogP contribution in [0.15, 0.2) is 24.3 Å². The number of carbonyl (C=O) groups excluding carboxylic acids is 3. The van der Waals surface area contributed by atoms with E-state index in [-0.39, 0.29) is 32.0 Å². The first-order valence-corrected chi connectivity index (χ1v) is 9.24. The number of piperidine rings is 1. The number of hydrogen-bond acceptors (Lipinski definition) is 6. The van der Waals surface area contributed by atoms with Gasteiger partial charge in [0.25, 0.3) is 0 Å². The molecular weight excluding hydrogens is 391 g/mol. The summed E-state index contributed by atoms with van der Waals surface area (Å²) in [6.07, 6.45) is -3.84. The minimum absolute atomic E-state index is 0.120. The molecule has 2 unspecified atom stereocenters. The number of halogens is 3. The zero-order valence-corrected chi connectivity index (χ0v) is 15.5. The first-order valence-electron chi connectivity index (χ1n) is 9.24. The van der Waals surface area contributed by atoms with Gasteiger partial charge in [-0.05, 0) is 24.6 Å². The van der Waals surface area contributed by atoms with Gasteiger partial charge in [-0.25, -0.2) is 0 Å². The highest BCUT2D eigenvalue weighted by Crippen LogP contribution is 2.26. The van der Waals surface area contributed by atoms with E-state index in [0.29, 0.717) is 24.3 Å². The molecule has 2 fully saturated rings. The second kappa shape index (κ2) is 8.78. The number of alkyl halides is 3. The van der Waals surface area contributed by atoms with Crippen LogP contribution in [0.1, 0.15) is 12.8 Å². The number of carbonyl (C=O) groups is 3. The van der Waals surface area contributed by atoms with Crippen LogP contribution in [0.2, 0.25) is 0 Å². The molecule has 0 bridgehead atoms. The van der Waals surface area contributed by atoms with Crippen molar-refractivity contribution in [2.24, 2.45) is 0 Å². The van der Waals surface area contributed by atoms with Crippen molar-refractivity contribution < 1.29 is 27.6 Å². The van der Waals surface area contributed by atoms with E-state index in [1.54, 1.807) is 24.3 Å². The molecule has 11 heteroatoms. The number of imide groups is 1. The SMILES string of the molecule is O=C1CCC(Nc2cccc(NC(=O)CN3CCNCC3C(F)(F)F)c2)C(=O)N1. The summed E-state index contributed by atoms with van der Waals surface area (Å²) in [6.45, 7) is -0.126. The minimum Gasteiger partial charge on any atom is -0.374 e. The molecule has 0 saturated carbocycles. The summed E-state index contributed by atoms with van der Waals surface area (Å²) < 4.78 is 39.4. The van der Waals surface area contributed by atoms with Crippen LogP contribution >= 0.6 is 0 Å². The number of anilines is 2. The standard InChI is InChI=1S/C18H22F3N5O3/c19-18(20,21)14-9-22-6-7-26(14)10-16(28)24-12-3-1-2-11(8-12)23-13-4-5-15(27)25-17(13)29/h1-3,8,13-14,22-23H,4-7,9-10H2,(H,24,28)(H,25,27,29). The van der Waals surface area contributed by atoms with Gasteiger partial charge in [0.15, 0.2) is 0 Å². The van der Waals surface area contributed by atoms with Gasteiger partial charge in [0.1, 0.15) is 12.1 Å². The summed E-state index contributed by atoms with van der Waals surface area (Å²) >= 11 is 0. The van der Waals surface area contributed by atoms with Gasteiger partial charge in [0.05, 0.1) is 6.54 Å². The molecular formula is C18H22F3N5O3. The largest absolute Gasteiger partial charge is 0.405 e. The lowest BCUT2D eigenvalue weighted by molar-refractivity contribution is -0.187. The molecule has 0 radical (unpaired) electrons. The van der Waals surface area contributed by atoms with E-state index in [2.05, 4.69) is 21.3 Å². The second-order valence-corrected chi connectivity index (χ2v) is 7.01. The lowest BCUT2D eigenvalue weighted by atomic mass is 10.1. The number of nitrogens with zero attached hydrogens (tertiary/aromatic N) is 1. The molecule has 2 aliphatic rings. The van der Waals surface area contributed by atoms with Gasteiger partial charge in [0, 0.05) is 37.4 Å². The summed E-state index contributed by atoms with van der Waals surface area (Å²) in [6, 6.07) is 4.24. The third-order valence-electron chi connectivity index (χ3n) is 4.81. The van der Waals surface area contributed by atoms with Gasteiger partial charge >= 0.3 is 6.18 Å². The van der Waals surface area contributed by atoms with Crippen molar-refractivity contribution in [1.82, 2.24) is 15.5 Å². The van der Waals surface area contributed by atoms with Gasteiger partial charge in [-0.1, -0.05) is 6.07 Å². The van der Waals surface area contributed by atoms with Crippen LogP contribution in [0, 0.1) is 0 Å². The Labute approximate surface area is 165 Å². The normalized spacial score (nSPS) is 23.4. The molecule has 8 nitrogen and oxygen atoms in total. The van der Waals surface area contributed by atoms with Crippen LogP contribution in [0.5, 0.6) is 0 Å². The van der Waals surface area contributed by atoms with Gasteiger partial charge in [-0.2, -0.15) is 13.2 Å². The van der Waals surface area contributed by atoms with Crippen LogP contribution < -0.4 is 21.3 Å². The number of rotatable bonds is 5. The molecule has 2 heterocycles. The Morgan fingerprint density at radius 1 is 1.24 bits per heavy atom. The molecule has 158 valence electrons. The van der Waals surface area contributed by atoms with Crippen molar-refractivity contribution >= 4 is 29.1 Å². The average Bonchev–Trinajstić information content (AvgIpc) is 2.64. The molecule has 2 aliphatic heterocycles. The lowest BCUT2D eigenvalue weighted by Crippen LogP contribution is -2.59. The minimum atomic E-state index is -4.42. The molecule has 1 aromatic rings. The Bertz CT molecular complexity index is 786. The van der Waals surface area contributed by atoms with E-state index < -0.39 is 30.1 Å². The fraction of sp³-hybridized carbons (Fsp3) is 0.500. The van der Waals surface area contributed by atoms with Crippen LogP contribution in [-0.4, -0.2) is 67.1 Å². The summed E-state index contributed by atoms with van der Waals surface area (Å²) in [5, 5.41) is 10.5. The summed E-state index contributed by atoms with van der Waals surface area (Å²) in [5.74, 6) is -1.30. The molecule has 2 atom stereocenters. The quantitative estimate of drug-likeness (QED) is 0.530. The lowest BCUT2D eigenvalue weighted by Gasteiger charge is -2.36. The molecule has 1 aromatic carbocycles. The molecule has 0 aliphatic carbocycles. The van der Waals surface area contributed by atoms with Crippen LogP contribution in [0.4, 0.5) is 24.5 Å². The van der Waals surface area contributed by atoms with E-state index in [4.69, 9.17) is 0 Å². The molecule has 29 heavy (non-hydrogen) atoms. The highest BCUT2D eigenvalue weighted by atomic mass is 19.4. The number of benzene rings is 1. The molecule has 0 spiro atoms. The predicted molar refractivity (Wildman–Crippen MR) is 99.2 cm³/mol. The van der Waals surface area contributed by atoms with Crippen LogP contribution in [-0.2, 0) is 14.4 Å². The Morgan fingerprint density at radius 3 is 2.72 bits per heavy atom. The van der Waals surface area contributed by atoms with E-state index in [1.807, 2.05) is 0 Å². The Morgan fingerprint density at radius 2 is 2.00 bits per heavy atom. The van der Waals surface area contributed by atoms with Gasteiger partial charge in [-0.3, -0.25) is 24.6 Å². The highest BCUT2D eigenvalue weighted by Gasteiger charge is 2.45. The van der Waals surface area contributed by atoms with Crippen molar-refractivity contribution in [1.29, 1.82) is 0 Å². The topological polar surface area (TPSA) is 103 Å². The number of nitrogens with one attached hydrogen (secondary N) is 4. The van der Waals surface area contributed by atoms with Gasteiger partial charge in [-0.15, -0.1) is 0 Å². The number of piperazine rings is 1. The van der Waals surface area contributed by atoms with E-state index in [9.17, 15) is 27.6 Å². The van der Waals surface area contributed by atoms with E-state index in [1.165, 1.54) is 0 Å². The van der Waals surface area contributed by atoms with Crippen molar-refractivity contribution in [2.45, 2.75) is 31.1 Å². The molecule has 0 aromatic heterocycles. The maximum atomic E-state index is 13.1. The molecule has 4 N–H and O–H groups in total. The molecule has 3 rings (SSSR count). The maximum Gasteiger partial charge on any atom is 0.405 e. The Balaban J connectivity index is 1.58.